The summed E-state index contributed by atoms with van der Waals surface area (Å²) in [5.74, 6) is -0.374. The number of nitrogens with zero attached hydrogens (tertiary/aromatic N) is 2. The average Bonchev–Trinajstić information content (AvgIpc) is 2.81. The third-order valence-corrected chi connectivity index (χ3v) is 5.04. The molecule has 31 heavy (non-hydrogen) atoms. The number of H-pyrrole nitrogens is 1. The number of rotatable bonds is 7. The second-order valence-electron chi connectivity index (χ2n) is 7.02. The molecule has 0 fully saturated rings. The zero-order valence-electron chi connectivity index (χ0n) is 17.0. The Hall–Kier alpha value is -3.90. The van der Waals surface area contributed by atoms with Gasteiger partial charge in [-0.2, -0.15) is 0 Å². The zero-order chi connectivity index (χ0) is 21.6. The number of ether oxygens (including phenoxy) is 1. The minimum absolute atomic E-state index is 0.108. The fourth-order valence-electron chi connectivity index (χ4n) is 3.59. The van der Waals surface area contributed by atoms with Crippen LogP contribution in [0.25, 0.3) is 27.6 Å². The molecule has 6 nitrogen and oxygen atoms in total. The van der Waals surface area contributed by atoms with Crippen molar-refractivity contribution in [3.63, 3.8) is 0 Å². The van der Waals surface area contributed by atoms with Crippen LogP contribution in [0.3, 0.4) is 0 Å². The molecule has 1 N–H and O–H groups in total. The van der Waals surface area contributed by atoms with Gasteiger partial charge in [-0.25, -0.2) is 9.97 Å². The van der Waals surface area contributed by atoms with Crippen LogP contribution in [0.5, 0.6) is 0 Å². The number of carbonyl (C=O) groups excluding carboxylic acids is 1. The normalized spacial score (nSPS) is 11.6. The second kappa shape index (κ2) is 9.28. The predicted molar refractivity (Wildman–Crippen MR) is 121 cm³/mol. The van der Waals surface area contributed by atoms with Crippen LogP contribution in [-0.2, 0) is 4.74 Å². The smallest absolute Gasteiger partial charge is 0.260 e. The molecule has 0 amide bonds. The van der Waals surface area contributed by atoms with Gasteiger partial charge in [-0.3, -0.25) is 9.59 Å². The number of hydrogen-bond donors (Lipinski definition) is 1. The third kappa shape index (κ3) is 4.34. The van der Waals surface area contributed by atoms with Gasteiger partial charge in [-0.05, 0) is 29.7 Å². The summed E-state index contributed by atoms with van der Waals surface area (Å²) in [4.78, 5) is 37.5. The van der Waals surface area contributed by atoms with Crippen molar-refractivity contribution in [3.05, 3.63) is 101 Å². The number of pyridine rings is 1. The lowest BCUT2D eigenvalue weighted by Crippen LogP contribution is -2.19. The van der Waals surface area contributed by atoms with Crippen molar-refractivity contribution in [1.82, 2.24) is 15.0 Å². The van der Waals surface area contributed by atoms with Crippen molar-refractivity contribution >= 4 is 22.3 Å². The summed E-state index contributed by atoms with van der Waals surface area (Å²) in [6.45, 7) is 0.424. The first-order valence-corrected chi connectivity index (χ1v) is 9.88. The molecule has 0 bridgehead atoms. The summed E-state index contributed by atoms with van der Waals surface area (Å²) in [7, 11) is 1.60. The van der Waals surface area contributed by atoms with Crippen LogP contribution in [0.1, 0.15) is 22.3 Å². The first kappa shape index (κ1) is 20.4. The van der Waals surface area contributed by atoms with Crippen LogP contribution in [0.4, 0.5) is 0 Å². The summed E-state index contributed by atoms with van der Waals surface area (Å²) < 4.78 is 5.19. The summed E-state index contributed by atoms with van der Waals surface area (Å²) >= 11 is 0. The number of allylic oxidation sites excluding steroid dienone is 1. The van der Waals surface area contributed by atoms with Gasteiger partial charge < -0.3 is 9.72 Å². The van der Waals surface area contributed by atoms with E-state index in [9.17, 15) is 9.59 Å². The summed E-state index contributed by atoms with van der Waals surface area (Å²) in [6, 6.07) is 17.0. The van der Waals surface area contributed by atoms with Gasteiger partial charge in [-0.15, -0.1) is 0 Å². The van der Waals surface area contributed by atoms with Crippen molar-refractivity contribution in [1.29, 1.82) is 0 Å². The number of aromatic nitrogens is 3. The van der Waals surface area contributed by atoms with Crippen molar-refractivity contribution < 1.29 is 9.53 Å². The van der Waals surface area contributed by atoms with E-state index < -0.39 is 5.56 Å². The predicted octanol–water partition coefficient (Wildman–Crippen LogP) is 4.29. The van der Waals surface area contributed by atoms with Gasteiger partial charge in [-0.1, -0.05) is 48.5 Å². The molecular formula is C25H21N3O3. The highest BCUT2D eigenvalue weighted by Crippen LogP contribution is 2.30. The molecule has 4 aromatic rings. The summed E-state index contributed by atoms with van der Waals surface area (Å²) in [6.07, 6.45) is 6.70. The number of ketones is 1. The minimum Gasteiger partial charge on any atom is -0.384 e. The SMILES string of the molecule is COCC/C(=C\C(=O)c1c(-c2ccccc2)c2ccccc2[nH]c1=O)c1cncnc1. The van der Waals surface area contributed by atoms with Crippen LogP contribution in [0, 0.1) is 0 Å². The van der Waals surface area contributed by atoms with Gasteiger partial charge in [0.05, 0.1) is 12.2 Å². The number of fused-ring (bicyclic) bond motifs is 1. The van der Waals surface area contributed by atoms with Crippen LogP contribution in [-0.4, -0.2) is 34.5 Å². The topological polar surface area (TPSA) is 84.9 Å². The van der Waals surface area contributed by atoms with Gasteiger partial charge in [0, 0.05) is 41.5 Å². The standard InChI is InChI=1S/C25H21N3O3/c1-31-12-11-18(19-14-26-16-27-15-19)13-22(29)24-23(17-7-3-2-4-8-17)20-9-5-6-10-21(20)28-25(24)30/h2-10,13-16H,11-12H2,1H3,(H,28,30)/b18-13+. The maximum absolute atomic E-state index is 13.5. The van der Waals surface area contributed by atoms with E-state index >= 15 is 0 Å². The molecule has 0 radical (unpaired) electrons. The molecule has 4 rings (SSSR count). The Morgan fingerprint density at radius 2 is 1.74 bits per heavy atom. The third-order valence-electron chi connectivity index (χ3n) is 5.04. The Morgan fingerprint density at radius 1 is 1.03 bits per heavy atom. The lowest BCUT2D eigenvalue weighted by Gasteiger charge is -2.12. The highest BCUT2D eigenvalue weighted by molar-refractivity contribution is 6.15. The number of nitrogens with one attached hydrogen (secondary N) is 1. The maximum atomic E-state index is 13.5. The largest absolute Gasteiger partial charge is 0.384 e. The molecular weight excluding hydrogens is 390 g/mol. The zero-order valence-corrected chi connectivity index (χ0v) is 17.0. The Morgan fingerprint density at radius 3 is 2.48 bits per heavy atom. The molecule has 2 aromatic heterocycles. The lowest BCUT2D eigenvalue weighted by molar-refractivity contribution is 0.104. The van der Waals surface area contributed by atoms with E-state index in [-0.39, 0.29) is 11.3 Å². The molecule has 0 atom stereocenters. The van der Waals surface area contributed by atoms with E-state index in [2.05, 4.69) is 15.0 Å². The summed E-state index contributed by atoms with van der Waals surface area (Å²) in [5.41, 5.74) is 3.22. The molecule has 0 saturated heterocycles. The molecule has 0 aliphatic heterocycles. The number of aromatic amines is 1. The Kier molecular flexibility index (Phi) is 6.10. The second-order valence-corrected chi connectivity index (χ2v) is 7.02. The Bertz CT molecular complexity index is 1300. The van der Waals surface area contributed by atoms with Crippen molar-refractivity contribution in [2.24, 2.45) is 0 Å². The van der Waals surface area contributed by atoms with E-state index in [4.69, 9.17) is 4.74 Å². The molecule has 0 aliphatic carbocycles. The fourth-order valence-corrected chi connectivity index (χ4v) is 3.59. The lowest BCUT2D eigenvalue weighted by atomic mass is 9.92. The van der Waals surface area contributed by atoms with Crippen molar-refractivity contribution in [2.75, 3.05) is 13.7 Å². The number of carbonyl (C=O) groups is 1. The van der Waals surface area contributed by atoms with E-state index in [1.165, 1.54) is 12.4 Å². The van der Waals surface area contributed by atoms with E-state index in [1.807, 2.05) is 54.6 Å². The van der Waals surface area contributed by atoms with E-state index in [0.717, 1.165) is 10.9 Å². The number of para-hydroxylation sites is 1. The fraction of sp³-hybridized carbons (Fsp3) is 0.120. The molecule has 2 aromatic carbocycles. The highest BCUT2D eigenvalue weighted by Gasteiger charge is 2.20. The molecule has 0 spiro atoms. The molecule has 0 aliphatic rings. The highest BCUT2D eigenvalue weighted by atomic mass is 16.5. The van der Waals surface area contributed by atoms with Gasteiger partial charge >= 0.3 is 0 Å². The number of benzene rings is 2. The summed E-state index contributed by atoms with van der Waals surface area (Å²) in [5, 5.41) is 0.812. The molecule has 2 heterocycles. The van der Waals surface area contributed by atoms with E-state index in [0.29, 0.717) is 35.2 Å². The van der Waals surface area contributed by atoms with Crippen molar-refractivity contribution in [3.8, 4) is 11.1 Å². The number of hydrogen-bond acceptors (Lipinski definition) is 5. The van der Waals surface area contributed by atoms with Gasteiger partial charge in [0.2, 0.25) is 0 Å². The van der Waals surface area contributed by atoms with Crippen molar-refractivity contribution in [2.45, 2.75) is 6.42 Å². The molecule has 0 unspecified atom stereocenters. The van der Waals surface area contributed by atoms with Gasteiger partial charge in [0.1, 0.15) is 6.33 Å². The minimum atomic E-state index is -0.422. The van der Waals surface area contributed by atoms with Crippen LogP contribution < -0.4 is 5.56 Å². The quantitative estimate of drug-likeness (QED) is 0.362. The first-order valence-electron chi connectivity index (χ1n) is 9.88. The molecule has 6 heteroatoms. The molecule has 0 saturated carbocycles. The first-order chi connectivity index (χ1) is 15.2. The van der Waals surface area contributed by atoms with Crippen LogP contribution in [0.15, 0.2) is 84.2 Å². The monoisotopic (exact) mass is 411 g/mol. The van der Waals surface area contributed by atoms with Gasteiger partial charge in [0.15, 0.2) is 5.78 Å². The number of methoxy groups -OCH3 is 1. The Balaban J connectivity index is 1.92. The maximum Gasteiger partial charge on any atom is 0.260 e. The van der Waals surface area contributed by atoms with Gasteiger partial charge in [0.25, 0.3) is 5.56 Å². The average molecular weight is 411 g/mol. The van der Waals surface area contributed by atoms with Crippen LogP contribution >= 0.6 is 0 Å². The Labute approximate surface area is 179 Å². The van der Waals surface area contributed by atoms with E-state index in [1.54, 1.807) is 19.5 Å². The molecule has 154 valence electrons. The van der Waals surface area contributed by atoms with Crippen LogP contribution in [0.2, 0.25) is 0 Å².